The molecule has 3 heteroatoms. The molecule has 1 N–H and O–H groups in total. The molecule has 0 heterocycles. The Hall–Kier alpha value is -3.07. The van der Waals surface area contributed by atoms with Crippen molar-refractivity contribution >= 4 is 23.0 Å². The molecule has 0 atom stereocenters. The number of carbonyl (C=O) groups is 1. The Balaban J connectivity index is 2.19. The molecule has 156 valence electrons. The Morgan fingerprint density at radius 1 is 0.667 bits per heavy atom. The van der Waals surface area contributed by atoms with Crippen molar-refractivity contribution in [2.24, 2.45) is 0 Å². The van der Waals surface area contributed by atoms with E-state index >= 15 is 0 Å². The maximum absolute atomic E-state index is 11.3. The lowest BCUT2D eigenvalue weighted by Gasteiger charge is -2.29. The highest BCUT2D eigenvalue weighted by atomic mass is 16.4. The topological polar surface area (TPSA) is 40.5 Å². The molecule has 0 aromatic heterocycles. The molecule has 3 nitrogen and oxygen atoms in total. The summed E-state index contributed by atoms with van der Waals surface area (Å²) in [6.45, 7) is 13.2. The first-order valence-electron chi connectivity index (χ1n) is 10.3. The number of hydrogen-bond donors (Lipinski definition) is 1. The van der Waals surface area contributed by atoms with Gasteiger partial charge < -0.3 is 10.0 Å². The van der Waals surface area contributed by atoms with Gasteiger partial charge in [-0.25, -0.2) is 4.79 Å². The van der Waals surface area contributed by atoms with Crippen LogP contribution in [0.4, 0.5) is 17.1 Å². The second kappa shape index (κ2) is 7.98. The molecule has 0 unspecified atom stereocenters. The molecular weight excluding hydrogens is 370 g/mol. The van der Waals surface area contributed by atoms with E-state index in [0.29, 0.717) is 0 Å². The summed E-state index contributed by atoms with van der Waals surface area (Å²) in [6.07, 6.45) is 0. The van der Waals surface area contributed by atoms with Gasteiger partial charge in [0, 0.05) is 17.1 Å². The summed E-state index contributed by atoms with van der Waals surface area (Å²) in [4.78, 5) is 13.5. The highest BCUT2D eigenvalue weighted by Gasteiger charge is 2.20. The predicted molar refractivity (Wildman–Crippen MR) is 125 cm³/mol. The number of rotatable bonds is 4. The molecule has 0 fully saturated rings. The molecule has 0 aliphatic carbocycles. The Kier molecular flexibility index (Phi) is 5.76. The van der Waals surface area contributed by atoms with E-state index in [1.54, 1.807) is 12.1 Å². The molecule has 0 saturated heterocycles. The van der Waals surface area contributed by atoms with Crippen LogP contribution >= 0.6 is 0 Å². The lowest BCUT2D eigenvalue weighted by atomic mass is 9.86. The molecule has 0 bridgehead atoms. The molecule has 3 aromatic carbocycles. The van der Waals surface area contributed by atoms with Crippen molar-refractivity contribution in [2.75, 3.05) is 4.90 Å². The second-order valence-electron chi connectivity index (χ2n) is 9.79. The van der Waals surface area contributed by atoms with Crippen molar-refractivity contribution < 1.29 is 9.90 Å². The van der Waals surface area contributed by atoms with E-state index in [2.05, 4.69) is 95.0 Å². The van der Waals surface area contributed by atoms with E-state index in [-0.39, 0.29) is 16.4 Å². The minimum absolute atomic E-state index is 0.0299. The average molecular weight is 402 g/mol. The minimum Gasteiger partial charge on any atom is -0.478 e. The Bertz CT molecular complexity index is 980. The summed E-state index contributed by atoms with van der Waals surface area (Å²) in [5.41, 5.74) is 5.87. The highest BCUT2D eigenvalue weighted by molar-refractivity contribution is 5.88. The SMILES string of the molecule is CC(C)(C)c1cccc(N(c2ccc(C(=O)O)cc2)c2cccc(C(C)(C)C)c2)c1. The summed E-state index contributed by atoms with van der Waals surface area (Å²) in [5, 5.41) is 9.29. The highest BCUT2D eigenvalue weighted by Crippen LogP contribution is 2.38. The van der Waals surface area contributed by atoms with Crippen LogP contribution in [0.1, 0.15) is 63.0 Å². The molecule has 0 radical (unpaired) electrons. The van der Waals surface area contributed by atoms with Crippen molar-refractivity contribution in [3.63, 3.8) is 0 Å². The standard InChI is InChI=1S/C27H31NO2/c1-26(2,3)20-9-7-11-23(17-20)28(22-15-13-19(14-16-22)25(29)30)24-12-8-10-21(18-24)27(4,5)6/h7-18H,1-6H3,(H,29,30). The lowest BCUT2D eigenvalue weighted by Crippen LogP contribution is -2.16. The maximum Gasteiger partial charge on any atom is 0.335 e. The quantitative estimate of drug-likeness (QED) is 0.493. The Labute approximate surface area is 180 Å². The van der Waals surface area contributed by atoms with Gasteiger partial charge in [0.15, 0.2) is 0 Å². The minimum atomic E-state index is -0.919. The van der Waals surface area contributed by atoms with Crippen LogP contribution in [0.25, 0.3) is 0 Å². The van der Waals surface area contributed by atoms with Gasteiger partial charge in [-0.1, -0.05) is 65.8 Å². The summed E-state index contributed by atoms with van der Waals surface area (Å²) < 4.78 is 0. The van der Waals surface area contributed by atoms with E-state index in [1.165, 1.54) is 11.1 Å². The van der Waals surface area contributed by atoms with Gasteiger partial charge in [-0.05, 0) is 70.5 Å². The van der Waals surface area contributed by atoms with Crippen LogP contribution in [0.5, 0.6) is 0 Å². The number of anilines is 3. The normalized spacial score (nSPS) is 11.9. The summed E-state index contributed by atoms with van der Waals surface area (Å²) >= 11 is 0. The number of carboxylic acid groups (broad SMARTS) is 1. The molecule has 0 saturated carbocycles. The van der Waals surface area contributed by atoms with Crippen LogP contribution in [0.3, 0.4) is 0 Å². The van der Waals surface area contributed by atoms with Crippen LogP contribution in [-0.2, 0) is 10.8 Å². The zero-order valence-corrected chi connectivity index (χ0v) is 18.7. The molecular formula is C27H31NO2. The van der Waals surface area contributed by atoms with Gasteiger partial charge in [0.1, 0.15) is 0 Å². The van der Waals surface area contributed by atoms with Crippen molar-refractivity contribution in [2.45, 2.75) is 52.4 Å². The van der Waals surface area contributed by atoms with Crippen molar-refractivity contribution in [3.8, 4) is 0 Å². The van der Waals surface area contributed by atoms with Gasteiger partial charge in [0.2, 0.25) is 0 Å². The van der Waals surface area contributed by atoms with E-state index in [4.69, 9.17) is 0 Å². The lowest BCUT2D eigenvalue weighted by molar-refractivity contribution is 0.0697. The van der Waals surface area contributed by atoms with Crippen molar-refractivity contribution in [1.82, 2.24) is 0 Å². The number of aromatic carboxylic acids is 1. The van der Waals surface area contributed by atoms with Gasteiger partial charge in [-0.15, -0.1) is 0 Å². The predicted octanol–water partition coefficient (Wildman–Crippen LogP) is 7.45. The smallest absolute Gasteiger partial charge is 0.335 e. The summed E-state index contributed by atoms with van der Waals surface area (Å²) in [7, 11) is 0. The van der Waals surface area contributed by atoms with E-state index in [0.717, 1.165) is 17.1 Å². The van der Waals surface area contributed by atoms with Crippen LogP contribution in [0.2, 0.25) is 0 Å². The Morgan fingerprint density at radius 2 is 1.10 bits per heavy atom. The average Bonchev–Trinajstić information content (AvgIpc) is 2.68. The van der Waals surface area contributed by atoms with Crippen molar-refractivity contribution in [3.05, 3.63) is 89.5 Å². The van der Waals surface area contributed by atoms with Gasteiger partial charge in [0.05, 0.1) is 5.56 Å². The number of benzene rings is 3. The molecule has 3 rings (SSSR count). The fourth-order valence-electron chi connectivity index (χ4n) is 3.42. The van der Waals surface area contributed by atoms with Gasteiger partial charge >= 0.3 is 5.97 Å². The van der Waals surface area contributed by atoms with Crippen LogP contribution in [0, 0.1) is 0 Å². The maximum atomic E-state index is 11.3. The summed E-state index contributed by atoms with van der Waals surface area (Å²) in [6, 6.07) is 24.2. The second-order valence-corrected chi connectivity index (χ2v) is 9.79. The first-order valence-corrected chi connectivity index (χ1v) is 10.3. The third-order valence-corrected chi connectivity index (χ3v) is 5.31. The van der Waals surface area contributed by atoms with Crippen LogP contribution in [-0.4, -0.2) is 11.1 Å². The zero-order chi connectivity index (χ0) is 22.1. The zero-order valence-electron chi connectivity index (χ0n) is 18.7. The number of carboxylic acids is 1. The fourth-order valence-corrected chi connectivity index (χ4v) is 3.42. The van der Waals surface area contributed by atoms with Gasteiger partial charge in [0.25, 0.3) is 0 Å². The molecule has 3 aromatic rings. The molecule has 0 aliphatic heterocycles. The molecule has 0 spiro atoms. The van der Waals surface area contributed by atoms with E-state index < -0.39 is 5.97 Å². The molecule has 0 amide bonds. The van der Waals surface area contributed by atoms with Gasteiger partial charge in [-0.2, -0.15) is 0 Å². The summed E-state index contributed by atoms with van der Waals surface area (Å²) in [5.74, 6) is -0.919. The third-order valence-electron chi connectivity index (χ3n) is 5.31. The van der Waals surface area contributed by atoms with E-state index in [9.17, 15) is 9.90 Å². The molecule has 30 heavy (non-hydrogen) atoms. The largest absolute Gasteiger partial charge is 0.478 e. The van der Waals surface area contributed by atoms with Gasteiger partial charge in [-0.3, -0.25) is 0 Å². The Morgan fingerprint density at radius 3 is 1.47 bits per heavy atom. The first-order chi connectivity index (χ1) is 14.0. The number of hydrogen-bond acceptors (Lipinski definition) is 2. The fraction of sp³-hybridized carbons (Fsp3) is 0.296. The third kappa shape index (κ3) is 4.73. The van der Waals surface area contributed by atoms with Crippen LogP contribution < -0.4 is 4.90 Å². The van der Waals surface area contributed by atoms with E-state index in [1.807, 2.05) is 12.1 Å². The molecule has 0 aliphatic rings. The monoisotopic (exact) mass is 401 g/mol. The first kappa shape index (κ1) is 21.6. The van der Waals surface area contributed by atoms with Crippen LogP contribution in [0.15, 0.2) is 72.8 Å². The number of nitrogens with zero attached hydrogens (tertiary/aromatic N) is 1. The van der Waals surface area contributed by atoms with Crippen molar-refractivity contribution in [1.29, 1.82) is 0 Å².